The van der Waals surface area contributed by atoms with E-state index in [2.05, 4.69) is 57.8 Å². The zero-order valence-corrected chi connectivity index (χ0v) is 21.2. The Balaban J connectivity index is 0.00000289. The normalized spacial score (nSPS) is 16.5. The number of hydrogen-bond donors (Lipinski definition) is 2. The minimum Gasteiger partial charge on any atom is -0.439 e. The van der Waals surface area contributed by atoms with E-state index in [1.165, 1.54) is 11.3 Å². The number of nitrogens with one attached hydrogen (secondary N) is 2. The molecule has 2 N–H and O–H groups in total. The van der Waals surface area contributed by atoms with Crippen LogP contribution in [0.4, 0.5) is 5.69 Å². The van der Waals surface area contributed by atoms with Crippen molar-refractivity contribution >= 4 is 35.6 Å². The summed E-state index contributed by atoms with van der Waals surface area (Å²) >= 11 is 0. The summed E-state index contributed by atoms with van der Waals surface area (Å²) in [6, 6.07) is 8.56. The SMILES string of the molecule is CCNC(=NCc1ncc(-c2ccc(C)cc2)o1)NC1CCCN(c2cnn(C)c2)C1.I. The van der Waals surface area contributed by atoms with Gasteiger partial charge in [0.05, 0.1) is 18.1 Å². The van der Waals surface area contributed by atoms with Crippen LogP contribution in [0.3, 0.4) is 0 Å². The lowest BCUT2D eigenvalue weighted by molar-refractivity contribution is 0.466. The fraction of sp³-hybridized carbons (Fsp3) is 0.435. The highest BCUT2D eigenvalue weighted by Gasteiger charge is 2.22. The quantitative estimate of drug-likeness (QED) is 0.277. The molecule has 1 atom stereocenters. The molecule has 1 unspecified atom stereocenters. The van der Waals surface area contributed by atoms with Crippen molar-refractivity contribution in [3.63, 3.8) is 0 Å². The Bertz CT molecular complexity index is 1010. The Hall–Kier alpha value is -2.56. The molecule has 4 rings (SSSR count). The molecule has 1 aliphatic rings. The van der Waals surface area contributed by atoms with Crippen LogP contribution in [-0.2, 0) is 13.6 Å². The fourth-order valence-corrected chi connectivity index (χ4v) is 3.80. The molecule has 3 heterocycles. The van der Waals surface area contributed by atoms with Gasteiger partial charge in [0.15, 0.2) is 11.7 Å². The summed E-state index contributed by atoms with van der Waals surface area (Å²) in [5.74, 6) is 2.16. The zero-order valence-electron chi connectivity index (χ0n) is 18.9. The summed E-state index contributed by atoms with van der Waals surface area (Å²) in [5, 5.41) is 11.2. The van der Waals surface area contributed by atoms with Crippen molar-refractivity contribution < 1.29 is 4.42 Å². The number of halogens is 1. The largest absolute Gasteiger partial charge is 0.439 e. The third kappa shape index (κ3) is 6.24. The number of benzene rings is 1. The van der Waals surface area contributed by atoms with Gasteiger partial charge in [-0.2, -0.15) is 5.10 Å². The van der Waals surface area contributed by atoms with Crippen molar-refractivity contribution in [3.8, 4) is 11.3 Å². The summed E-state index contributed by atoms with van der Waals surface area (Å²) in [7, 11) is 1.95. The monoisotopic (exact) mass is 549 g/mol. The van der Waals surface area contributed by atoms with E-state index >= 15 is 0 Å². The Morgan fingerprint density at radius 2 is 2.06 bits per heavy atom. The maximum Gasteiger partial charge on any atom is 0.216 e. The maximum atomic E-state index is 5.91. The molecule has 0 bridgehead atoms. The van der Waals surface area contributed by atoms with E-state index < -0.39 is 0 Å². The first kappa shape index (κ1) is 24.1. The molecular weight excluding hydrogens is 517 g/mol. The van der Waals surface area contributed by atoms with Crippen molar-refractivity contribution in [3.05, 3.63) is 54.3 Å². The number of aromatic nitrogens is 3. The van der Waals surface area contributed by atoms with Crippen molar-refractivity contribution in [1.82, 2.24) is 25.4 Å². The molecule has 3 aromatic rings. The molecule has 0 radical (unpaired) electrons. The van der Waals surface area contributed by atoms with E-state index in [1.54, 1.807) is 6.20 Å². The number of guanidine groups is 1. The van der Waals surface area contributed by atoms with Gasteiger partial charge >= 0.3 is 0 Å². The second kappa shape index (κ2) is 11.3. The summed E-state index contributed by atoms with van der Waals surface area (Å²) in [6.07, 6.45) is 8.00. The Labute approximate surface area is 206 Å². The van der Waals surface area contributed by atoms with Gasteiger partial charge < -0.3 is 20.0 Å². The molecule has 32 heavy (non-hydrogen) atoms. The first-order valence-corrected chi connectivity index (χ1v) is 10.9. The van der Waals surface area contributed by atoms with Gasteiger partial charge in [-0.1, -0.05) is 29.8 Å². The van der Waals surface area contributed by atoms with Gasteiger partial charge in [-0.25, -0.2) is 9.98 Å². The van der Waals surface area contributed by atoms with Crippen LogP contribution in [-0.4, -0.2) is 46.4 Å². The standard InChI is InChI=1S/C23H31N7O.HI/c1-4-24-23(28-19-6-5-11-30(15-19)20-12-27-29(3)16-20)26-14-22-25-13-21(31-22)18-9-7-17(2)8-10-18;/h7-10,12-13,16,19H,4-6,11,14-15H2,1-3H3,(H2,24,26,28);1H. The minimum atomic E-state index is 0. The van der Waals surface area contributed by atoms with E-state index in [-0.39, 0.29) is 24.0 Å². The predicted molar refractivity (Wildman–Crippen MR) is 138 cm³/mol. The fourth-order valence-electron chi connectivity index (χ4n) is 3.80. The molecule has 0 aliphatic carbocycles. The number of nitrogens with zero attached hydrogens (tertiary/aromatic N) is 5. The van der Waals surface area contributed by atoms with Gasteiger partial charge in [0.2, 0.25) is 5.89 Å². The highest BCUT2D eigenvalue weighted by atomic mass is 127. The van der Waals surface area contributed by atoms with Crippen LogP contribution >= 0.6 is 24.0 Å². The molecule has 1 aliphatic heterocycles. The van der Waals surface area contributed by atoms with Crippen LogP contribution in [0.5, 0.6) is 0 Å². The van der Waals surface area contributed by atoms with Crippen LogP contribution < -0.4 is 15.5 Å². The molecule has 172 valence electrons. The predicted octanol–water partition coefficient (Wildman–Crippen LogP) is 3.73. The van der Waals surface area contributed by atoms with Crippen LogP contribution in [0.15, 0.2) is 52.3 Å². The lowest BCUT2D eigenvalue weighted by atomic mass is 10.1. The number of anilines is 1. The maximum absolute atomic E-state index is 5.91. The molecule has 0 spiro atoms. The average molecular weight is 549 g/mol. The molecule has 1 aromatic carbocycles. The third-order valence-electron chi connectivity index (χ3n) is 5.42. The van der Waals surface area contributed by atoms with Gasteiger partial charge in [0.1, 0.15) is 6.54 Å². The Morgan fingerprint density at radius 1 is 1.25 bits per heavy atom. The Morgan fingerprint density at radius 3 is 2.78 bits per heavy atom. The summed E-state index contributed by atoms with van der Waals surface area (Å²) in [6.45, 7) is 7.30. The van der Waals surface area contributed by atoms with E-state index in [0.717, 1.165) is 49.8 Å². The molecular formula is C23H32IN7O. The second-order valence-electron chi connectivity index (χ2n) is 7.98. The summed E-state index contributed by atoms with van der Waals surface area (Å²) in [5.41, 5.74) is 3.41. The Kier molecular flexibility index (Phi) is 8.54. The third-order valence-corrected chi connectivity index (χ3v) is 5.42. The lowest BCUT2D eigenvalue weighted by Crippen LogP contribution is -2.51. The molecule has 9 heteroatoms. The first-order valence-electron chi connectivity index (χ1n) is 10.9. The van der Waals surface area contributed by atoms with Crippen LogP contribution in [0.1, 0.15) is 31.2 Å². The van der Waals surface area contributed by atoms with Gasteiger partial charge in [0.25, 0.3) is 0 Å². The highest BCUT2D eigenvalue weighted by Crippen LogP contribution is 2.21. The highest BCUT2D eigenvalue weighted by molar-refractivity contribution is 14.0. The minimum absolute atomic E-state index is 0. The number of aryl methyl sites for hydroxylation is 2. The molecule has 2 aromatic heterocycles. The summed E-state index contributed by atoms with van der Waals surface area (Å²) in [4.78, 5) is 11.5. The van der Waals surface area contributed by atoms with E-state index in [9.17, 15) is 0 Å². The van der Waals surface area contributed by atoms with E-state index in [1.807, 2.05) is 30.1 Å². The number of oxazole rings is 1. The number of aliphatic imine (C=N–C) groups is 1. The lowest BCUT2D eigenvalue weighted by Gasteiger charge is -2.34. The molecule has 0 saturated carbocycles. The molecule has 1 fully saturated rings. The van der Waals surface area contributed by atoms with Crippen molar-refractivity contribution in [1.29, 1.82) is 0 Å². The average Bonchev–Trinajstić information content (AvgIpc) is 3.42. The van der Waals surface area contributed by atoms with Crippen LogP contribution in [0, 0.1) is 6.92 Å². The van der Waals surface area contributed by atoms with Crippen LogP contribution in [0.25, 0.3) is 11.3 Å². The summed E-state index contributed by atoms with van der Waals surface area (Å²) < 4.78 is 7.76. The van der Waals surface area contributed by atoms with E-state index in [0.29, 0.717) is 18.5 Å². The molecule has 0 amide bonds. The molecule has 1 saturated heterocycles. The van der Waals surface area contributed by atoms with Gasteiger partial charge in [-0.15, -0.1) is 24.0 Å². The smallest absolute Gasteiger partial charge is 0.216 e. The van der Waals surface area contributed by atoms with Crippen LogP contribution in [0.2, 0.25) is 0 Å². The van der Waals surface area contributed by atoms with Gasteiger partial charge in [0, 0.05) is 44.5 Å². The first-order chi connectivity index (χ1) is 15.1. The van der Waals surface area contributed by atoms with Crippen molar-refractivity contribution in [2.45, 2.75) is 39.3 Å². The van der Waals surface area contributed by atoms with Gasteiger partial charge in [-0.05, 0) is 26.7 Å². The molecule has 8 nitrogen and oxygen atoms in total. The van der Waals surface area contributed by atoms with E-state index in [4.69, 9.17) is 9.41 Å². The topological polar surface area (TPSA) is 83.5 Å². The van der Waals surface area contributed by atoms with Crippen molar-refractivity contribution in [2.75, 3.05) is 24.5 Å². The number of piperidine rings is 1. The number of rotatable bonds is 6. The van der Waals surface area contributed by atoms with Gasteiger partial charge in [-0.3, -0.25) is 4.68 Å². The second-order valence-corrected chi connectivity index (χ2v) is 7.98. The van der Waals surface area contributed by atoms with Crippen molar-refractivity contribution in [2.24, 2.45) is 12.0 Å². The number of hydrogen-bond acceptors (Lipinski definition) is 5. The zero-order chi connectivity index (χ0) is 21.6.